The Hall–Kier alpha value is -3.65. The van der Waals surface area contributed by atoms with Crippen LogP contribution in [0.15, 0.2) is 60.7 Å². The number of methoxy groups -OCH3 is 2. The highest BCUT2D eigenvalue weighted by Crippen LogP contribution is 2.27. The summed E-state index contributed by atoms with van der Waals surface area (Å²) in [6, 6.07) is 19.4. The third-order valence-electron chi connectivity index (χ3n) is 4.36. The lowest BCUT2D eigenvalue weighted by molar-refractivity contribution is -0.120. The zero-order valence-corrected chi connectivity index (χ0v) is 16.5. The molecule has 0 unspecified atom stereocenters. The first kappa shape index (κ1) is 20.1. The van der Waals surface area contributed by atoms with Crippen LogP contribution in [-0.2, 0) is 11.2 Å². The van der Waals surface area contributed by atoms with E-state index in [-0.39, 0.29) is 25.5 Å². The molecular weight excluding hydrogens is 366 g/mol. The summed E-state index contributed by atoms with van der Waals surface area (Å²) in [4.78, 5) is 12.1. The first-order valence-electron chi connectivity index (χ1n) is 9.25. The maximum absolute atomic E-state index is 12.1. The van der Waals surface area contributed by atoms with Gasteiger partial charge in [-0.1, -0.05) is 54.3 Å². The summed E-state index contributed by atoms with van der Waals surface area (Å²) in [5.74, 6) is 7.76. The van der Waals surface area contributed by atoms with E-state index in [2.05, 4.69) is 17.2 Å². The molecular formula is C24H23NO4. The molecule has 1 amide bonds. The van der Waals surface area contributed by atoms with Crippen molar-refractivity contribution in [3.05, 3.63) is 66.2 Å². The van der Waals surface area contributed by atoms with E-state index in [1.165, 1.54) is 0 Å². The van der Waals surface area contributed by atoms with Crippen molar-refractivity contribution in [2.45, 2.75) is 6.42 Å². The predicted octanol–water partition coefficient (Wildman–Crippen LogP) is 3.60. The number of nitrogens with one attached hydrogen (secondary N) is 1. The van der Waals surface area contributed by atoms with E-state index in [9.17, 15) is 4.79 Å². The van der Waals surface area contributed by atoms with E-state index < -0.39 is 0 Å². The van der Waals surface area contributed by atoms with Gasteiger partial charge in [0, 0.05) is 5.39 Å². The summed E-state index contributed by atoms with van der Waals surface area (Å²) in [5, 5.41) is 4.97. The Labute approximate surface area is 170 Å². The van der Waals surface area contributed by atoms with Crippen LogP contribution in [0.3, 0.4) is 0 Å². The average Bonchev–Trinajstić information content (AvgIpc) is 2.76. The van der Waals surface area contributed by atoms with Gasteiger partial charge in [0.2, 0.25) is 5.91 Å². The highest BCUT2D eigenvalue weighted by atomic mass is 16.5. The first-order chi connectivity index (χ1) is 14.2. The van der Waals surface area contributed by atoms with Crippen molar-refractivity contribution in [1.82, 2.24) is 5.32 Å². The Balaban J connectivity index is 1.46. The summed E-state index contributed by atoms with van der Waals surface area (Å²) >= 11 is 0. The molecule has 148 valence electrons. The van der Waals surface area contributed by atoms with Gasteiger partial charge >= 0.3 is 0 Å². The molecule has 1 N–H and O–H groups in total. The van der Waals surface area contributed by atoms with Gasteiger partial charge in [0.15, 0.2) is 11.5 Å². The smallest absolute Gasteiger partial charge is 0.225 e. The molecule has 0 aliphatic carbocycles. The van der Waals surface area contributed by atoms with Crippen molar-refractivity contribution in [3.63, 3.8) is 0 Å². The minimum Gasteiger partial charge on any atom is -0.493 e. The van der Waals surface area contributed by atoms with Gasteiger partial charge in [-0.05, 0) is 29.1 Å². The largest absolute Gasteiger partial charge is 0.493 e. The molecule has 0 aromatic heterocycles. The van der Waals surface area contributed by atoms with Gasteiger partial charge in [0.1, 0.15) is 12.4 Å². The number of fused-ring (bicyclic) bond motifs is 1. The Bertz CT molecular complexity index is 1040. The second-order valence-electron chi connectivity index (χ2n) is 6.26. The van der Waals surface area contributed by atoms with E-state index in [0.29, 0.717) is 11.5 Å². The summed E-state index contributed by atoms with van der Waals surface area (Å²) in [6.45, 7) is 0.532. The molecule has 0 spiro atoms. The standard InChI is InChI=1S/C24H23NO4/c1-27-22-13-12-18(16-23(22)28-2)17-24(26)25-14-5-6-15-29-21-11-7-9-19-8-3-4-10-20(19)21/h3-4,7-13,16H,14-15,17H2,1-2H3,(H,25,26). The van der Waals surface area contributed by atoms with Crippen LogP contribution < -0.4 is 19.5 Å². The fraction of sp³-hybridized carbons (Fsp3) is 0.208. The number of hydrogen-bond acceptors (Lipinski definition) is 4. The van der Waals surface area contributed by atoms with Crippen LogP contribution in [0.2, 0.25) is 0 Å². The molecule has 3 rings (SSSR count). The molecule has 0 aliphatic heterocycles. The maximum atomic E-state index is 12.1. The van der Waals surface area contributed by atoms with Gasteiger partial charge in [-0.3, -0.25) is 4.79 Å². The second kappa shape index (κ2) is 10.0. The normalized spacial score (nSPS) is 10.0. The van der Waals surface area contributed by atoms with Crippen molar-refractivity contribution in [1.29, 1.82) is 0 Å². The van der Waals surface area contributed by atoms with Crippen molar-refractivity contribution < 1.29 is 19.0 Å². The van der Waals surface area contributed by atoms with Crippen LogP contribution in [0, 0.1) is 11.8 Å². The average molecular weight is 389 g/mol. The monoisotopic (exact) mass is 389 g/mol. The number of carbonyl (C=O) groups is 1. The van der Waals surface area contributed by atoms with E-state index in [1.54, 1.807) is 26.4 Å². The highest BCUT2D eigenvalue weighted by Gasteiger charge is 2.07. The molecule has 0 saturated carbocycles. The molecule has 0 aliphatic rings. The van der Waals surface area contributed by atoms with Gasteiger partial charge in [-0.25, -0.2) is 0 Å². The van der Waals surface area contributed by atoms with Gasteiger partial charge < -0.3 is 19.5 Å². The third-order valence-corrected chi connectivity index (χ3v) is 4.36. The molecule has 0 radical (unpaired) electrons. The SMILES string of the molecule is COc1ccc(CC(=O)NCC#CCOc2cccc3ccccc23)cc1OC. The Kier molecular flexibility index (Phi) is 6.96. The number of ether oxygens (including phenoxy) is 3. The lowest BCUT2D eigenvalue weighted by Gasteiger charge is -2.09. The quantitative estimate of drug-likeness (QED) is 0.628. The zero-order valence-electron chi connectivity index (χ0n) is 16.5. The van der Waals surface area contributed by atoms with E-state index in [1.807, 2.05) is 48.5 Å². The van der Waals surface area contributed by atoms with Gasteiger partial charge in [0.25, 0.3) is 0 Å². The van der Waals surface area contributed by atoms with Crippen LogP contribution >= 0.6 is 0 Å². The van der Waals surface area contributed by atoms with Crippen molar-refractivity contribution >= 4 is 16.7 Å². The fourth-order valence-corrected chi connectivity index (χ4v) is 2.93. The van der Waals surface area contributed by atoms with E-state index >= 15 is 0 Å². The number of hydrogen-bond donors (Lipinski definition) is 1. The van der Waals surface area contributed by atoms with Crippen LogP contribution in [0.5, 0.6) is 17.2 Å². The third kappa shape index (κ3) is 5.43. The predicted molar refractivity (Wildman–Crippen MR) is 113 cm³/mol. The molecule has 0 bridgehead atoms. The fourth-order valence-electron chi connectivity index (χ4n) is 2.93. The number of benzene rings is 3. The van der Waals surface area contributed by atoms with Gasteiger partial charge in [0.05, 0.1) is 27.2 Å². The molecule has 0 atom stereocenters. The molecule has 5 nitrogen and oxygen atoms in total. The van der Waals surface area contributed by atoms with Crippen LogP contribution in [0.1, 0.15) is 5.56 Å². The van der Waals surface area contributed by atoms with Gasteiger partial charge in [-0.15, -0.1) is 0 Å². The highest BCUT2D eigenvalue weighted by molar-refractivity contribution is 5.88. The molecule has 3 aromatic rings. The molecule has 0 fully saturated rings. The summed E-state index contributed by atoms with van der Waals surface area (Å²) in [7, 11) is 3.14. The summed E-state index contributed by atoms with van der Waals surface area (Å²) < 4.78 is 16.2. The first-order valence-corrected chi connectivity index (χ1v) is 9.25. The van der Waals surface area contributed by atoms with Gasteiger partial charge in [-0.2, -0.15) is 0 Å². The minimum absolute atomic E-state index is 0.110. The maximum Gasteiger partial charge on any atom is 0.225 e. The second-order valence-corrected chi connectivity index (χ2v) is 6.26. The lowest BCUT2D eigenvalue weighted by atomic mass is 10.1. The number of carbonyl (C=O) groups excluding carboxylic acids is 1. The molecule has 0 heterocycles. The Morgan fingerprint density at radius 2 is 1.69 bits per heavy atom. The van der Waals surface area contributed by atoms with Crippen LogP contribution in [-0.4, -0.2) is 33.3 Å². The Morgan fingerprint density at radius 3 is 2.52 bits per heavy atom. The van der Waals surface area contributed by atoms with Crippen molar-refractivity contribution in [3.8, 4) is 29.1 Å². The van der Waals surface area contributed by atoms with E-state index in [4.69, 9.17) is 14.2 Å². The zero-order chi connectivity index (χ0) is 20.5. The molecule has 5 heteroatoms. The number of amides is 1. The van der Waals surface area contributed by atoms with Crippen LogP contribution in [0.4, 0.5) is 0 Å². The topological polar surface area (TPSA) is 56.8 Å². The van der Waals surface area contributed by atoms with E-state index in [0.717, 1.165) is 22.1 Å². The van der Waals surface area contributed by atoms with Crippen molar-refractivity contribution in [2.75, 3.05) is 27.4 Å². The summed E-state index contributed by atoms with van der Waals surface area (Å²) in [6.07, 6.45) is 0.245. The molecule has 29 heavy (non-hydrogen) atoms. The minimum atomic E-state index is -0.110. The molecule has 3 aromatic carbocycles. The lowest BCUT2D eigenvalue weighted by Crippen LogP contribution is -2.25. The number of rotatable bonds is 7. The molecule has 0 saturated heterocycles. The van der Waals surface area contributed by atoms with Crippen molar-refractivity contribution in [2.24, 2.45) is 0 Å². The van der Waals surface area contributed by atoms with Crippen LogP contribution in [0.25, 0.3) is 10.8 Å². The summed E-state index contributed by atoms with van der Waals surface area (Å²) in [5.41, 5.74) is 0.840. The Morgan fingerprint density at radius 1 is 0.897 bits per heavy atom.